The molecule has 2 aliphatic rings. The number of rotatable bonds is 5. The Morgan fingerprint density at radius 2 is 2.29 bits per heavy atom. The van der Waals surface area contributed by atoms with Gasteiger partial charge >= 0.3 is 0 Å². The van der Waals surface area contributed by atoms with E-state index < -0.39 is 11.1 Å². The van der Waals surface area contributed by atoms with E-state index in [2.05, 4.69) is 10.6 Å². The molecule has 0 spiro atoms. The molecule has 2 atom stereocenters. The summed E-state index contributed by atoms with van der Waals surface area (Å²) in [6.07, 6.45) is 0.613. The maximum absolute atomic E-state index is 15.1. The summed E-state index contributed by atoms with van der Waals surface area (Å²) >= 11 is 0. The molecule has 7 heteroatoms. The lowest BCUT2D eigenvalue weighted by Gasteiger charge is -2.41. The van der Waals surface area contributed by atoms with Crippen molar-refractivity contribution in [3.8, 4) is 5.75 Å². The van der Waals surface area contributed by atoms with Gasteiger partial charge in [-0.2, -0.15) is 0 Å². The lowest BCUT2D eigenvalue weighted by Crippen LogP contribution is -2.59. The Kier molecular flexibility index (Phi) is 4.73. The highest BCUT2D eigenvalue weighted by molar-refractivity contribution is 5.85. The van der Waals surface area contributed by atoms with E-state index in [1.807, 2.05) is 0 Å². The Labute approximate surface area is 139 Å². The van der Waals surface area contributed by atoms with Crippen LogP contribution < -0.4 is 15.4 Å². The molecule has 0 bridgehead atoms. The van der Waals surface area contributed by atoms with Crippen LogP contribution in [0.2, 0.25) is 0 Å². The van der Waals surface area contributed by atoms with E-state index >= 15 is 4.39 Å². The van der Waals surface area contributed by atoms with Gasteiger partial charge in [-0.25, -0.2) is 8.78 Å². The Balaban J connectivity index is 1.65. The van der Waals surface area contributed by atoms with Crippen molar-refractivity contribution in [2.75, 3.05) is 40.0 Å². The summed E-state index contributed by atoms with van der Waals surface area (Å²) in [4.78, 5) is 12.6. The van der Waals surface area contributed by atoms with Gasteiger partial charge in [0, 0.05) is 32.7 Å². The fourth-order valence-electron chi connectivity index (χ4n) is 3.56. The number of fused-ring (bicyclic) bond motifs is 1. The van der Waals surface area contributed by atoms with E-state index in [-0.39, 0.29) is 44.4 Å². The maximum Gasteiger partial charge on any atom is 0.233 e. The third-order valence-corrected chi connectivity index (χ3v) is 5.04. The first-order valence-corrected chi connectivity index (χ1v) is 8.09. The zero-order valence-electron chi connectivity index (χ0n) is 13.7. The molecule has 1 aromatic rings. The van der Waals surface area contributed by atoms with Crippen LogP contribution in [-0.2, 0) is 16.0 Å². The second-order valence-electron chi connectivity index (χ2n) is 6.42. The second-order valence-corrected chi connectivity index (χ2v) is 6.42. The van der Waals surface area contributed by atoms with E-state index in [1.165, 1.54) is 19.2 Å². The van der Waals surface area contributed by atoms with Gasteiger partial charge in [-0.1, -0.05) is 0 Å². The van der Waals surface area contributed by atoms with E-state index in [0.29, 0.717) is 24.3 Å². The highest BCUT2D eigenvalue weighted by Crippen LogP contribution is 2.44. The zero-order chi connectivity index (χ0) is 17.2. The minimum atomic E-state index is -1.58. The van der Waals surface area contributed by atoms with Crippen molar-refractivity contribution in [3.63, 3.8) is 0 Å². The van der Waals surface area contributed by atoms with Crippen molar-refractivity contribution in [1.82, 2.24) is 10.6 Å². The summed E-state index contributed by atoms with van der Waals surface area (Å²) in [6.45, 7) is 1.11. The number of hydrogen-bond donors (Lipinski definition) is 2. The third-order valence-electron chi connectivity index (χ3n) is 5.04. The number of amides is 1. The van der Waals surface area contributed by atoms with Crippen LogP contribution in [0, 0.1) is 11.2 Å². The van der Waals surface area contributed by atoms with Gasteiger partial charge in [0.05, 0.1) is 13.7 Å². The molecular formula is C17H22F2N2O3. The van der Waals surface area contributed by atoms with Gasteiger partial charge in [0.1, 0.15) is 22.7 Å². The van der Waals surface area contributed by atoms with Crippen molar-refractivity contribution in [2.24, 2.45) is 5.41 Å². The number of halogens is 2. The fraction of sp³-hybridized carbons (Fsp3) is 0.588. The SMILES string of the molecule is COc1ccc(F)cc1CCNC(=O)[C@]12CNC[C@@]1(F)CCOC2. The molecule has 2 aliphatic heterocycles. The van der Waals surface area contributed by atoms with Crippen LogP contribution in [0.25, 0.3) is 0 Å². The molecule has 0 aliphatic carbocycles. The standard InChI is InChI=1S/C17H22F2N2O3/c1-23-14-3-2-13(18)8-12(14)4-6-21-15(22)16-9-20-10-17(16,19)5-7-24-11-16/h2-3,8,20H,4-7,9-11H2,1H3,(H,21,22)/t16-,17+/m1/s1. The van der Waals surface area contributed by atoms with E-state index in [1.54, 1.807) is 6.07 Å². The van der Waals surface area contributed by atoms with E-state index in [4.69, 9.17) is 9.47 Å². The largest absolute Gasteiger partial charge is 0.496 e. The van der Waals surface area contributed by atoms with Crippen LogP contribution in [-0.4, -0.2) is 51.5 Å². The average molecular weight is 340 g/mol. The van der Waals surface area contributed by atoms with Gasteiger partial charge in [-0.3, -0.25) is 4.79 Å². The summed E-state index contributed by atoms with van der Waals surface area (Å²) in [7, 11) is 1.51. The monoisotopic (exact) mass is 340 g/mol. The minimum Gasteiger partial charge on any atom is -0.496 e. The van der Waals surface area contributed by atoms with E-state index in [9.17, 15) is 9.18 Å². The first-order valence-electron chi connectivity index (χ1n) is 8.09. The number of nitrogens with one attached hydrogen (secondary N) is 2. The molecule has 2 heterocycles. The van der Waals surface area contributed by atoms with Gasteiger partial charge in [0.2, 0.25) is 5.91 Å². The number of carbonyl (C=O) groups is 1. The smallest absolute Gasteiger partial charge is 0.233 e. The number of ether oxygens (including phenoxy) is 2. The van der Waals surface area contributed by atoms with Gasteiger partial charge < -0.3 is 20.1 Å². The summed E-state index contributed by atoms with van der Waals surface area (Å²) in [5, 5.41) is 5.76. The first-order chi connectivity index (χ1) is 11.5. The number of hydrogen-bond acceptors (Lipinski definition) is 4. The molecule has 0 saturated carbocycles. The molecule has 2 N–H and O–H groups in total. The van der Waals surface area contributed by atoms with Crippen molar-refractivity contribution in [1.29, 1.82) is 0 Å². The van der Waals surface area contributed by atoms with Crippen molar-refractivity contribution in [2.45, 2.75) is 18.5 Å². The first kappa shape index (κ1) is 17.1. The fourth-order valence-corrected chi connectivity index (χ4v) is 3.56. The predicted octanol–water partition coefficient (Wildman–Crippen LogP) is 1.21. The highest BCUT2D eigenvalue weighted by atomic mass is 19.1. The van der Waals surface area contributed by atoms with E-state index in [0.717, 1.165) is 0 Å². The Morgan fingerprint density at radius 3 is 3.08 bits per heavy atom. The van der Waals surface area contributed by atoms with Gasteiger partial charge in [0.15, 0.2) is 0 Å². The molecule has 2 fully saturated rings. The molecular weight excluding hydrogens is 318 g/mol. The highest BCUT2D eigenvalue weighted by Gasteiger charge is 2.62. The number of alkyl halides is 1. The van der Waals surface area contributed by atoms with Gasteiger partial charge in [-0.05, 0) is 30.2 Å². The molecule has 1 aromatic carbocycles. The number of carbonyl (C=O) groups excluding carboxylic acids is 1. The van der Waals surface area contributed by atoms with Crippen LogP contribution >= 0.6 is 0 Å². The molecule has 132 valence electrons. The number of methoxy groups -OCH3 is 1. The topological polar surface area (TPSA) is 59.6 Å². The summed E-state index contributed by atoms with van der Waals surface area (Å²) in [6, 6.07) is 4.25. The normalized spacial score (nSPS) is 29.1. The molecule has 0 radical (unpaired) electrons. The second kappa shape index (κ2) is 6.64. The summed E-state index contributed by atoms with van der Waals surface area (Å²) < 4.78 is 39.0. The van der Waals surface area contributed by atoms with Gasteiger partial charge in [-0.15, -0.1) is 0 Å². The molecule has 1 amide bonds. The van der Waals surface area contributed by atoms with Crippen molar-refractivity contribution >= 4 is 5.91 Å². The molecule has 3 rings (SSSR count). The quantitative estimate of drug-likeness (QED) is 0.846. The Morgan fingerprint density at radius 1 is 1.46 bits per heavy atom. The summed E-state index contributed by atoms with van der Waals surface area (Å²) in [5.41, 5.74) is -2.10. The lowest BCUT2D eigenvalue weighted by atomic mass is 9.72. The zero-order valence-corrected chi connectivity index (χ0v) is 13.7. The van der Waals surface area contributed by atoms with Gasteiger partial charge in [0.25, 0.3) is 0 Å². The molecule has 0 unspecified atom stereocenters. The Bertz CT molecular complexity index is 628. The lowest BCUT2D eigenvalue weighted by molar-refractivity contribution is -0.154. The van der Waals surface area contributed by atoms with Crippen molar-refractivity contribution < 1.29 is 23.0 Å². The van der Waals surface area contributed by atoms with Crippen molar-refractivity contribution in [3.05, 3.63) is 29.6 Å². The van der Waals surface area contributed by atoms with Crippen LogP contribution in [0.4, 0.5) is 8.78 Å². The van der Waals surface area contributed by atoms with Crippen LogP contribution in [0.1, 0.15) is 12.0 Å². The third kappa shape index (κ3) is 2.86. The summed E-state index contributed by atoms with van der Waals surface area (Å²) in [5.74, 6) is -0.156. The molecule has 2 saturated heterocycles. The van der Waals surface area contributed by atoms with Crippen LogP contribution in [0.5, 0.6) is 5.75 Å². The van der Waals surface area contributed by atoms with Crippen LogP contribution in [0.3, 0.4) is 0 Å². The molecule has 24 heavy (non-hydrogen) atoms. The Hall–Kier alpha value is -1.73. The van der Waals surface area contributed by atoms with Crippen LogP contribution in [0.15, 0.2) is 18.2 Å². The maximum atomic E-state index is 15.1. The average Bonchev–Trinajstić information content (AvgIpc) is 2.93. The molecule has 0 aromatic heterocycles. The molecule has 5 nitrogen and oxygen atoms in total. The predicted molar refractivity (Wildman–Crippen MR) is 84.2 cm³/mol. The minimum absolute atomic E-state index is 0.0750. The number of benzene rings is 1.